The first-order chi connectivity index (χ1) is 26.3. The number of carbonyl (C=O) groups excluding carboxylic acids is 1. The van der Waals surface area contributed by atoms with Crippen LogP contribution in [0.3, 0.4) is 0 Å². The van der Waals surface area contributed by atoms with E-state index in [0.29, 0.717) is 24.2 Å². The summed E-state index contributed by atoms with van der Waals surface area (Å²) in [6.07, 6.45) is 9.86. The molecule has 4 heterocycles. The van der Waals surface area contributed by atoms with Crippen LogP contribution in [0.2, 0.25) is 0 Å². The average Bonchev–Trinajstić information content (AvgIpc) is 3.97. The highest BCUT2D eigenvalue weighted by Gasteiger charge is 2.64. The molecule has 12 nitrogen and oxygen atoms in total. The van der Waals surface area contributed by atoms with Gasteiger partial charge in [0.05, 0.1) is 30.1 Å². The van der Waals surface area contributed by atoms with Crippen LogP contribution in [-0.2, 0) is 20.7 Å². The number of pyridine rings is 2. The van der Waals surface area contributed by atoms with E-state index in [1.54, 1.807) is 12.1 Å². The number of imidazole rings is 1. The lowest BCUT2D eigenvalue weighted by molar-refractivity contribution is 0.0934. The van der Waals surface area contributed by atoms with Crippen LogP contribution < -0.4 is 16.6 Å². The predicted molar refractivity (Wildman–Crippen MR) is 200 cm³/mol. The number of halogens is 2. The predicted octanol–water partition coefficient (Wildman–Crippen LogP) is 5.35. The molecule has 0 bridgehead atoms. The molecule has 55 heavy (non-hydrogen) atoms. The zero-order valence-electron chi connectivity index (χ0n) is 29.7. The van der Waals surface area contributed by atoms with Crippen molar-refractivity contribution in [3.05, 3.63) is 129 Å². The minimum Gasteiger partial charge on any atom is -0.347 e. The summed E-state index contributed by atoms with van der Waals surface area (Å²) in [6.45, 7) is 0.0323. The maximum absolute atomic E-state index is 14.6. The van der Waals surface area contributed by atoms with Crippen LogP contribution in [0.25, 0.3) is 33.5 Å². The summed E-state index contributed by atoms with van der Waals surface area (Å²) in [5, 5.41) is 3.13. The van der Waals surface area contributed by atoms with Crippen LogP contribution in [-0.4, -0.2) is 56.7 Å². The van der Waals surface area contributed by atoms with Crippen LogP contribution in [0.1, 0.15) is 60.6 Å². The van der Waals surface area contributed by atoms with Crippen molar-refractivity contribution >= 4 is 32.7 Å². The Hall–Kier alpha value is -5.54. The highest BCUT2D eigenvalue weighted by molar-refractivity contribution is 7.85. The fourth-order valence-corrected chi connectivity index (χ4v) is 8.96. The van der Waals surface area contributed by atoms with Crippen LogP contribution in [0.4, 0.5) is 8.78 Å². The number of fused-ring (bicyclic) bond motifs is 2. The number of aromatic nitrogens is 5. The van der Waals surface area contributed by atoms with E-state index in [9.17, 15) is 31.6 Å². The van der Waals surface area contributed by atoms with Crippen molar-refractivity contribution in [3.8, 4) is 16.8 Å². The smallest absolute Gasteiger partial charge is 0.337 e. The number of nitrogens with zero attached hydrogens (tertiary/aromatic N) is 5. The first kappa shape index (κ1) is 35.2. The second kappa shape index (κ2) is 12.8. The third kappa shape index (κ3) is 6.44. The number of amides is 1. The van der Waals surface area contributed by atoms with E-state index < -0.39 is 33.0 Å². The van der Waals surface area contributed by atoms with Gasteiger partial charge in [-0.15, -0.1) is 0 Å². The number of hydrogen-bond donors (Lipinski definition) is 1. The second-order valence-corrected chi connectivity index (χ2v) is 16.9. The number of hydrogen-bond acceptors (Lipinski definition) is 8. The van der Waals surface area contributed by atoms with Gasteiger partial charge in [0.1, 0.15) is 23.0 Å². The molecule has 3 saturated carbocycles. The molecule has 2 spiro atoms. The maximum Gasteiger partial charge on any atom is 0.337 e. The Kier molecular flexibility index (Phi) is 8.17. The Morgan fingerprint density at radius 3 is 2.45 bits per heavy atom. The molecule has 3 fully saturated rings. The standard InChI is InChI=1S/C40H36F2N6O6S/c1-55(52,53)54-16-11-24-5-7-25(8-6-24)26-3-2-4-29(17-26)47-35-30(18-28(42)21-43-35)37(50)48(38(47)51)33-20-40(33)14-12-39(13-15-40)19-32(39)45-36(49)31-23-46-22-27(41)9-10-34(46)44-31/h2-10,17-18,21-23,32-33H,11-16,19-20H2,1H3,(H,45,49)/t32?,33-,39?,40?/m1/s1. The van der Waals surface area contributed by atoms with Crippen molar-refractivity contribution in [2.45, 2.75) is 57.0 Å². The molecule has 282 valence electrons. The van der Waals surface area contributed by atoms with Crippen LogP contribution in [0.15, 0.2) is 94.9 Å². The molecule has 15 heteroatoms. The lowest BCUT2D eigenvalue weighted by atomic mass is 9.76. The van der Waals surface area contributed by atoms with Gasteiger partial charge in [-0.3, -0.25) is 18.3 Å². The molecular formula is C40H36F2N6O6S. The Morgan fingerprint density at radius 1 is 0.927 bits per heavy atom. The van der Waals surface area contributed by atoms with E-state index >= 15 is 0 Å². The van der Waals surface area contributed by atoms with E-state index in [0.717, 1.165) is 67.3 Å². The summed E-state index contributed by atoms with van der Waals surface area (Å²) < 4.78 is 59.9. The van der Waals surface area contributed by atoms with Crippen molar-refractivity contribution < 1.29 is 26.2 Å². The minimum absolute atomic E-state index is 0.0136. The van der Waals surface area contributed by atoms with Gasteiger partial charge in [0.2, 0.25) is 0 Å². The molecule has 0 radical (unpaired) electrons. The highest BCUT2D eigenvalue weighted by Crippen LogP contribution is 2.70. The third-order valence-corrected chi connectivity index (χ3v) is 12.4. The topological polar surface area (TPSA) is 147 Å². The van der Waals surface area contributed by atoms with E-state index in [1.165, 1.54) is 38.1 Å². The lowest BCUT2D eigenvalue weighted by Crippen LogP contribution is -2.41. The van der Waals surface area contributed by atoms with Gasteiger partial charge >= 0.3 is 5.69 Å². The largest absolute Gasteiger partial charge is 0.347 e. The van der Waals surface area contributed by atoms with Crippen LogP contribution in [0.5, 0.6) is 0 Å². The fourth-order valence-electron chi connectivity index (χ4n) is 8.57. The Bertz CT molecular complexity index is 2770. The van der Waals surface area contributed by atoms with Crippen molar-refractivity contribution in [3.63, 3.8) is 0 Å². The Balaban J connectivity index is 0.952. The van der Waals surface area contributed by atoms with Crippen LogP contribution in [0, 0.1) is 22.5 Å². The summed E-state index contributed by atoms with van der Waals surface area (Å²) in [5.41, 5.74) is 2.32. The van der Waals surface area contributed by atoms with E-state index in [1.807, 2.05) is 36.4 Å². The molecule has 1 amide bonds. The summed E-state index contributed by atoms with van der Waals surface area (Å²) in [5.74, 6) is -1.41. The number of nitrogens with one attached hydrogen (secondary N) is 1. The Morgan fingerprint density at radius 2 is 1.69 bits per heavy atom. The highest BCUT2D eigenvalue weighted by atomic mass is 32.2. The number of benzene rings is 2. The second-order valence-electron chi connectivity index (χ2n) is 15.3. The maximum atomic E-state index is 14.6. The molecule has 1 N–H and O–H groups in total. The zero-order valence-corrected chi connectivity index (χ0v) is 30.6. The molecule has 0 saturated heterocycles. The monoisotopic (exact) mass is 766 g/mol. The van der Waals surface area contributed by atoms with Gasteiger partial charge in [-0.1, -0.05) is 36.4 Å². The van der Waals surface area contributed by atoms with Crippen molar-refractivity contribution in [1.82, 2.24) is 28.8 Å². The van der Waals surface area contributed by atoms with Gasteiger partial charge in [0.25, 0.3) is 21.6 Å². The minimum atomic E-state index is -3.53. The zero-order chi connectivity index (χ0) is 38.3. The van der Waals surface area contributed by atoms with Gasteiger partial charge in [-0.25, -0.2) is 28.1 Å². The SMILES string of the molecule is CS(=O)(=O)OCCc1ccc(-c2cccc(-n3c(=O)n([C@@H]4CC45CCC4(CC5)CC4NC(=O)c4cn5cc(F)ccc5n4)c(=O)c4cc(F)cnc43)c2)cc1. The first-order valence-corrected chi connectivity index (χ1v) is 20.0. The summed E-state index contributed by atoms with van der Waals surface area (Å²) >= 11 is 0. The molecule has 2 atom stereocenters. The van der Waals surface area contributed by atoms with E-state index in [4.69, 9.17) is 4.18 Å². The molecule has 0 aliphatic heterocycles. The van der Waals surface area contributed by atoms with Gasteiger partial charge < -0.3 is 9.72 Å². The fraction of sp³-hybridized carbons (Fsp3) is 0.325. The molecule has 3 aliphatic rings. The van der Waals surface area contributed by atoms with Gasteiger partial charge in [-0.05, 0) is 103 Å². The van der Waals surface area contributed by atoms with E-state index in [2.05, 4.69) is 15.3 Å². The van der Waals surface area contributed by atoms with Gasteiger partial charge in [0.15, 0.2) is 5.65 Å². The van der Waals surface area contributed by atoms with Crippen molar-refractivity contribution in [2.24, 2.45) is 10.8 Å². The molecule has 9 rings (SSSR count). The lowest BCUT2D eigenvalue weighted by Gasteiger charge is -2.30. The quantitative estimate of drug-likeness (QED) is 0.194. The average molecular weight is 767 g/mol. The Labute approximate surface area is 313 Å². The first-order valence-electron chi connectivity index (χ1n) is 18.1. The third-order valence-electron chi connectivity index (χ3n) is 11.8. The number of rotatable bonds is 9. The molecule has 6 aromatic rings. The molecule has 3 aliphatic carbocycles. The van der Waals surface area contributed by atoms with Crippen molar-refractivity contribution in [2.75, 3.05) is 12.9 Å². The molecule has 1 unspecified atom stereocenters. The summed E-state index contributed by atoms with van der Waals surface area (Å²) in [6, 6.07) is 18.4. The molecule has 2 aromatic carbocycles. The summed E-state index contributed by atoms with van der Waals surface area (Å²) in [4.78, 5) is 50.1. The van der Waals surface area contributed by atoms with Crippen molar-refractivity contribution in [1.29, 1.82) is 0 Å². The van der Waals surface area contributed by atoms with E-state index in [-0.39, 0.29) is 52.2 Å². The van der Waals surface area contributed by atoms with Gasteiger partial charge in [-0.2, -0.15) is 8.42 Å². The summed E-state index contributed by atoms with van der Waals surface area (Å²) in [7, 11) is -3.53. The molecule has 4 aromatic heterocycles. The normalized spacial score (nSPS) is 23.1. The molecular weight excluding hydrogens is 731 g/mol. The van der Waals surface area contributed by atoms with Crippen LogP contribution >= 0.6 is 0 Å². The number of carbonyl (C=O) groups is 1. The van der Waals surface area contributed by atoms with Gasteiger partial charge in [0, 0.05) is 24.5 Å².